The molecule has 1 heterocycles. The molecule has 3 N–H and O–H groups in total. The van der Waals surface area contributed by atoms with Crippen LogP contribution in [0.1, 0.15) is 45.4 Å². The molecule has 0 aromatic carbocycles. The number of hydrogen-bond donors (Lipinski definition) is 2. The highest BCUT2D eigenvalue weighted by Gasteiger charge is 2.44. The van der Waals surface area contributed by atoms with Crippen molar-refractivity contribution in [2.45, 2.75) is 51.6 Å². The molecule has 17 heavy (non-hydrogen) atoms. The fourth-order valence-corrected chi connectivity index (χ4v) is 5.03. The van der Waals surface area contributed by atoms with E-state index >= 15 is 0 Å². The minimum absolute atomic E-state index is 0.0362. The maximum absolute atomic E-state index is 10.7. The van der Waals surface area contributed by atoms with Gasteiger partial charge in [0.1, 0.15) is 0 Å². The van der Waals surface area contributed by atoms with Crippen molar-refractivity contribution in [3.05, 3.63) is 0 Å². The van der Waals surface area contributed by atoms with Gasteiger partial charge >= 0.3 is 0 Å². The molecule has 1 saturated carbocycles. The lowest BCUT2D eigenvalue weighted by Gasteiger charge is -2.45. The molecular weight excluding hydrogens is 230 g/mol. The highest BCUT2D eigenvalue weighted by atomic mass is 32.2. The lowest BCUT2D eigenvalue weighted by Crippen LogP contribution is -2.48. The zero-order valence-corrected chi connectivity index (χ0v) is 11.8. The Hall–Kier alpha value is 0.270. The van der Waals surface area contributed by atoms with E-state index in [0.717, 1.165) is 24.5 Å². The predicted octanol–water partition coefficient (Wildman–Crippen LogP) is 2.65. The first-order valence-corrected chi connectivity index (χ1v) is 8.33. The number of thioether (sulfide) groups is 1. The van der Waals surface area contributed by atoms with Crippen LogP contribution in [0.2, 0.25) is 0 Å². The summed E-state index contributed by atoms with van der Waals surface area (Å²) in [7, 11) is 0. The normalized spacial score (nSPS) is 40.4. The van der Waals surface area contributed by atoms with Gasteiger partial charge in [0.2, 0.25) is 0 Å². The van der Waals surface area contributed by atoms with Gasteiger partial charge < -0.3 is 10.8 Å². The third-order valence-corrected chi connectivity index (χ3v) is 6.19. The summed E-state index contributed by atoms with van der Waals surface area (Å²) in [6.07, 6.45) is 7.16. The summed E-state index contributed by atoms with van der Waals surface area (Å²) in [5.74, 6) is 3.65. The van der Waals surface area contributed by atoms with Gasteiger partial charge in [0.25, 0.3) is 0 Å². The maximum Gasteiger partial charge on any atom is 0.0644 e. The Morgan fingerprint density at radius 2 is 2.29 bits per heavy atom. The maximum atomic E-state index is 10.7. The molecule has 0 bridgehead atoms. The molecule has 0 amide bonds. The molecule has 2 fully saturated rings. The fraction of sp³-hybridized carbons (Fsp3) is 1.00. The molecule has 1 aliphatic carbocycles. The van der Waals surface area contributed by atoms with E-state index in [0.29, 0.717) is 12.5 Å². The van der Waals surface area contributed by atoms with Crippen molar-refractivity contribution in [3.63, 3.8) is 0 Å². The molecule has 100 valence electrons. The van der Waals surface area contributed by atoms with Gasteiger partial charge in [0.15, 0.2) is 0 Å². The van der Waals surface area contributed by atoms with E-state index in [9.17, 15) is 5.11 Å². The molecule has 4 atom stereocenters. The van der Waals surface area contributed by atoms with Crippen molar-refractivity contribution >= 4 is 11.8 Å². The van der Waals surface area contributed by atoms with Crippen molar-refractivity contribution in [2.24, 2.45) is 23.0 Å². The topological polar surface area (TPSA) is 46.2 Å². The summed E-state index contributed by atoms with van der Waals surface area (Å²) >= 11 is 1.99. The van der Waals surface area contributed by atoms with E-state index in [1.165, 1.54) is 31.4 Å². The first-order chi connectivity index (χ1) is 8.22. The van der Waals surface area contributed by atoms with Crippen molar-refractivity contribution in [1.29, 1.82) is 0 Å². The lowest BCUT2D eigenvalue weighted by atomic mass is 9.63. The second-order valence-electron chi connectivity index (χ2n) is 6.01. The van der Waals surface area contributed by atoms with E-state index in [1.54, 1.807) is 0 Å². The van der Waals surface area contributed by atoms with Crippen molar-refractivity contribution in [2.75, 3.05) is 18.1 Å². The number of rotatable bonds is 4. The molecule has 1 aliphatic heterocycles. The molecule has 2 rings (SSSR count). The standard InChI is InChI=1S/C14H27NOS/c1-2-11-4-3-6-14(8-11,10-15)13(16)12-5-7-17-9-12/h11-13,16H,2-10,15H2,1H3. The van der Waals surface area contributed by atoms with E-state index in [-0.39, 0.29) is 11.5 Å². The van der Waals surface area contributed by atoms with Crippen LogP contribution < -0.4 is 5.73 Å². The zero-order valence-electron chi connectivity index (χ0n) is 11.0. The van der Waals surface area contributed by atoms with Gasteiger partial charge in [0.05, 0.1) is 6.10 Å². The summed E-state index contributed by atoms with van der Waals surface area (Å²) in [4.78, 5) is 0. The van der Waals surface area contributed by atoms with Gasteiger partial charge in [-0.1, -0.05) is 26.2 Å². The molecule has 3 heteroatoms. The van der Waals surface area contributed by atoms with E-state index < -0.39 is 0 Å². The Morgan fingerprint density at radius 1 is 1.47 bits per heavy atom. The van der Waals surface area contributed by atoms with Crippen molar-refractivity contribution in [1.82, 2.24) is 0 Å². The van der Waals surface area contributed by atoms with Crippen LogP contribution >= 0.6 is 11.8 Å². The zero-order chi connectivity index (χ0) is 12.3. The molecular formula is C14H27NOS. The third kappa shape index (κ3) is 2.82. The monoisotopic (exact) mass is 257 g/mol. The molecule has 4 unspecified atom stereocenters. The third-order valence-electron chi connectivity index (χ3n) is 5.00. The Balaban J connectivity index is 2.06. The Labute approximate surface area is 110 Å². The Kier molecular flexibility index (Phi) is 4.79. The van der Waals surface area contributed by atoms with Gasteiger partial charge in [-0.15, -0.1) is 0 Å². The predicted molar refractivity (Wildman–Crippen MR) is 75.2 cm³/mol. The lowest BCUT2D eigenvalue weighted by molar-refractivity contribution is -0.0433. The number of aliphatic hydroxyl groups is 1. The van der Waals surface area contributed by atoms with Gasteiger partial charge in [-0.2, -0.15) is 11.8 Å². The summed E-state index contributed by atoms with van der Waals surface area (Å²) in [6.45, 7) is 2.95. The molecule has 0 spiro atoms. The van der Waals surface area contributed by atoms with Gasteiger partial charge in [-0.05, 0) is 42.6 Å². The van der Waals surface area contributed by atoms with Crippen LogP contribution in [-0.4, -0.2) is 29.3 Å². The van der Waals surface area contributed by atoms with Gasteiger partial charge in [0, 0.05) is 12.0 Å². The Morgan fingerprint density at radius 3 is 2.88 bits per heavy atom. The highest BCUT2D eigenvalue weighted by molar-refractivity contribution is 7.99. The average molecular weight is 257 g/mol. The molecule has 0 radical (unpaired) electrons. The van der Waals surface area contributed by atoms with Crippen LogP contribution in [-0.2, 0) is 0 Å². The summed E-state index contributed by atoms with van der Waals surface area (Å²) < 4.78 is 0. The quantitative estimate of drug-likeness (QED) is 0.814. The SMILES string of the molecule is CCC1CCCC(CN)(C(O)C2CCSC2)C1. The van der Waals surface area contributed by atoms with E-state index in [4.69, 9.17) is 5.73 Å². The number of aliphatic hydroxyl groups excluding tert-OH is 1. The first kappa shape index (κ1) is 13.7. The number of nitrogens with two attached hydrogens (primary N) is 1. The van der Waals surface area contributed by atoms with Gasteiger partial charge in [-0.3, -0.25) is 0 Å². The van der Waals surface area contributed by atoms with E-state index in [1.807, 2.05) is 11.8 Å². The highest BCUT2D eigenvalue weighted by Crippen LogP contribution is 2.46. The molecule has 0 aromatic heterocycles. The molecule has 2 aliphatic rings. The van der Waals surface area contributed by atoms with Crippen molar-refractivity contribution < 1.29 is 5.11 Å². The average Bonchev–Trinajstić information content (AvgIpc) is 2.91. The molecule has 1 saturated heterocycles. The smallest absolute Gasteiger partial charge is 0.0644 e. The van der Waals surface area contributed by atoms with Crippen LogP contribution in [0.15, 0.2) is 0 Å². The van der Waals surface area contributed by atoms with Crippen LogP contribution in [0.4, 0.5) is 0 Å². The second kappa shape index (κ2) is 5.94. The van der Waals surface area contributed by atoms with Crippen molar-refractivity contribution in [3.8, 4) is 0 Å². The van der Waals surface area contributed by atoms with Gasteiger partial charge in [-0.25, -0.2) is 0 Å². The summed E-state index contributed by atoms with van der Waals surface area (Å²) in [5.41, 5.74) is 6.09. The molecule has 2 nitrogen and oxygen atoms in total. The Bertz CT molecular complexity index is 242. The second-order valence-corrected chi connectivity index (χ2v) is 7.16. The summed E-state index contributed by atoms with van der Waals surface area (Å²) in [6, 6.07) is 0. The van der Waals surface area contributed by atoms with Crippen LogP contribution in [0.25, 0.3) is 0 Å². The largest absolute Gasteiger partial charge is 0.392 e. The summed E-state index contributed by atoms with van der Waals surface area (Å²) in [5, 5.41) is 10.7. The van der Waals surface area contributed by atoms with Crippen LogP contribution in [0.3, 0.4) is 0 Å². The van der Waals surface area contributed by atoms with Crippen LogP contribution in [0.5, 0.6) is 0 Å². The minimum Gasteiger partial charge on any atom is -0.392 e. The van der Waals surface area contributed by atoms with Crippen LogP contribution in [0, 0.1) is 17.3 Å². The molecule has 0 aromatic rings. The fourth-order valence-electron chi connectivity index (χ4n) is 3.75. The minimum atomic E-state index is -0.156. The first-order valence-electron chi connectivity index (χ1n) is 7.17. The van der Waals surface area contributed by atoms with E-state index in [2.05, 4.69) is 6.92 Å². The number of hydrogen-bond acceptors (Lipinski definition) is 3.